The van der Waals surface area contributed by atoms with Crippen molar-refractivity contribution in [1.82, 2.24) is 4.98 Å². The molecule has 1 aromatic carbocycles. The highest BCUT2D eigenvalue weighted by molar-refractivity contribution is 6.29. The Hall–Kier alpha value is -2.89. The van der Waals surface area contributed by atoms with Crippen LogP contribution in [0.5, 0.6) is 0 Å². The lowest BCUT2D eigenvalue weighted by Crippen LogP contribution is -2.27. The summed E-state index contributed by atoms with van der Waals surface area (Å²) in [5.74, 6) is -1.06. The van der Waals surface area contributed by atoms with Crippen molar-refractivity contribution in [3.05, 3.63) is 82.7 Å². The summed E-state index contributed by atoms with van der Waals surface area (Å²) in [6.07, 6.45) is 8.98. The van der Waals surface area contributed by atoms with Gasteiger partial charge in [0.05, 0.1) is 18.2 Å². The summed E-state index contributed by atoms with van der Waals surface area (Å²) in [6.45, 7) is 5.39. The van der Waals surface area contributed by atoms with Crippen LogP contribution in [0.1, 0.15) is 35.9 Å². The number of primary amides is 1. The number of aromatic nitrogens is 1. The molecule has 1 aliphatic rings. The molecule has 31 heavy (non-hydrogen) atoms. The van der Waals surface area contributed by atoms with Crippen LogP contribution in [0.25, 0.3) is 5.57 Å². The Bertz CT molecular complexity index is 1020. The molecule has 1 aliphatic carbocycles. The molecule has 162 valence electrons. The number of anilines is 2. The number of hydrogen-bond acceptors (Lipinski definition) is 4. The lowest BCUT2D eigenvalue weighted by molar-refractivity contribution is -0.122. The number of aryl methyl sites for hydroxylation is 1. The maximum atomic E-state index is 11.4. The number of pyridine rings is 1. The molecule has 0 radical (unpaired) electrons. The second-order valence-electron chi connectivity index (χ2n) is 7.73. The van der Waals surface area contributed by atoms with E-state index in [1.807, 2.05) is 43.3 Å². The lowest BCUT2D eigenvalue weighted by atomic mass is 9.99. The Kier molecular flexibility index (Phi) is 7.66. The van der Waals surface area contributed by atoms with E-state index in [0.717, 1.165) is 53.2 Å². The molecule has 0 aliphatic heterocycles. The summed E-state index contributed by atoms with van der Waals surface area (Å²) >= 11 is 6.12. The third-order valence-electron chi connectivity index (χ3n) is 5.34. The number of aliphatic hydroxyl groups is 1. The van der Waals surface area contributed by atoms with Gasteiger partial charge in [0.15, 0.2) is 0 Å². The molecule has 1 heterocycles. The van der Waals surface area contributed by atoms with Gasteiger partial charge in [-0.1, -0.05) is 42.5 Å². The fourth-order valence-corrected chi connectivity index (χ4v) is 3.89. The maximum absolute atomic E-state index is 11.4. The molecule has 6 heteroatoms. The van der Waals surface area contributed by atoms with E-state index in [1.54, 1.807) is 6.08 Å². The third kappa shape index (κ3) is 5.84. The van der Waals surface area contributed by atoms with E-state index in [4.69, 9.17) is 22.3 Å². The highest BCUT2D eigenvalue weighted by Crippen LogP contribution is 2.33. The summed E-state index contributed by atoms with van der Waals surface area (Å²) in [5, 5.41) is 13.5. The Morgan fingerprint density at radius 3 is 2.71 bits per heavy atom. The number of benzene rings is 1. The number of rotatable bonds is 9. The first-order valence-corrected chi connectivity index (χ1v) is 10.7. The van der Waals surface area contributed by atoms with Crippen molar-refractivity contribution in [2.24, 2.45) is 11.7 Å². The molecule has 3 rings (SSSR count). The second kappa shape index (κ2) is 10.4. The molecule has 2 aromatic rings. The zero-order valence-electron chi connectivity index (χ0n) is 17.7. The van der Waals surface area contributed by atoms with Crippen LogP contribution in [0, 0.1) is 5.92 Å². The molecule has 0 saturated heterocycles. The van der Waals surface area contributed by atoms with Crippen LogP contribution in [-0.4, -0.2) is 22.6 Å². The minimum atomic E-state index is -0.571. The summed E-state index contributed by atoms with van der Waals surface area (Å²) < 4.78 is 0. The minimum Gasteiger partial charge on any atom is -0.396 e. The molecule has 0 bridgehead atoms. The molecule has 0 fully saturated rings. The van der Waals surface area contributed by atoms with Gasteiger partial charge in [0.1, 0.15) is 0 Å². The van der Waals surface area contributed by atoms with Gasteiger partial charge in [-0.05, 0) is 68.0 Å². The number of carbonyl (C=O) groups excluding carboxylic acids is 1. The largest absolute Gasteiger partial charge is 0.396 e. The first kappa shape index (κ1) is 22.8. The number of carbonyl (C=O) groups is 1. The van der Waals surface area contributed by atoms with Gasteiger partial charge in [0, 0.05) is 27.7 Å². The molecule has 0 saturated carbocycles. The monoisotopic (exact) mass is 437 g/mol. The van der Waals surface area contributed by atoms with E-state index in [2.05, 4.69) is 18.0 Å². The van der Waals surface area contributed by atoms with Crippen LogP contribution < -0.4 is 11.1 Å². The first-order valence-electron chi connectivity index (χ1n) is 10.4. The number of nitrogens with zero attached hydrogens (tertiary/aromatic N) is 1. The third-order valence-corrected chi connectivity index (χ3v) is 5.44. The van der Waals surface area contributed by atoms with Crippen molar-refractivity contribution in [1.29, 1.82) is 0 Å². The van der Waals surface area contributed by atoms with E-state index in [0.29, 0.717) is 11.5 Å². The van der Waals surface area contributed by atoms with Gasteiger partial charge >= 0.3 is 0 Å². The number of hydrogen-bond donors (Lipinski definition) is 3. The Morgan fingerprint density at radius 2 is 2.10 bits per heavy atom. The Balaban J connectivity index is 1.88. The lowest BCUT2D eigenvalue weighted by Gasteiger charge is -2.15. The van der Waals surface area contributed by atoms with Gasteiger partial charge in [-0.3, -0.25) is 9.78 Å². The van der Waals surface area contributed by atoms with Gasteiger partial charge < -0.3 is 16.2 Å². The summed E-state index contributed by atoms with van der Waals surface area (Å²) in [4.78, 5) is 16.2. The van der Waals surface area contributed by atoms with Gasteiger partial charge in [0.2, 0.25) is 5.91 Å². The fraction of sp³-hybridized carbons (Fsp3) is 0.280. The van der Waals surface area contributed by atoms with Crippen LogP contribution in [0.15, 0.2) is 60.2 Å². The van der Waals surface area contributed by atoms with Crippen LogP contribution in [0.3, 0.4) is 0 Å². The Morgan fingerprint density at radius 1 is 1.35 bits per heavy atom. The van der Waals surface area contributed by atoms with E-state index < -0.39 is 11.8 Å². The summed E-state index contributed by atoms with van der Waals surface area (Å²) in [7, 11) is 0. The number of nitrogens with one attached hydrogen (secondary N) is 1. The molecule has 0 spiro atoms. The van der Waals surface area contributed by atoms with Gasteiger partial charge in [-0.25, -0.2) is 0 Å². The van der Waals surface area contributed by atoms with Crippen molar-refractivity contribution in [3.8, 4) is 0 Å². The minimum absolute atomic E-state index is 0.252. The SMILES string of the molecule is C=C/C=C(\C=C(/C)Cl)c1cc(Nc2ccc(CC(CO)C(N)=O)cc2)c2c(n1)CCC2. The zero-order valence-corrected chi connectivity index (χ0v) is 18.5. The normalized spacial score (nSPS) is 14.8. The average molecular weight is 438 g/mol. The van der Waals surface area contributed by atoms with E-state index in [1.165, 1.54) is 5.56 Å². The number of aliphatic hydroxyl groups excluding tert-OH is 1. The van der Waals surface area contributed by atoms with Gasteiger partial charge in [-0.2, -0.15) is 0 Å². The molecular weight excluding hydrogens is 410 g/mol. The fourth-order valence-electron chi connectivity index (χ4n) is 3.77. The number of amides is 1. The smallest absolute Gasteiger partial charge is 0.223 e. The molecular formula is C25H28ClN3O2. The van der Waals surface area contributed by atoms with Crippen molar-refractivity contribution < 1.29 is 9.90 Å². The maximum Gasteiger partial charge on any atom is 0.223 e. The number of nitrogens with two attached hydrogens (primary N) is 1. The number of halogens is 1. The molecule has 4 N–H and O–H groups in total. The molecule has 1 aromatic heterocycles. The molecule has 1 amide bonds. The zero-order chi connectivity index (χ0) is 22.4. The quantitative estimate of drug-likeness (QED) is 0.498. The summed E-state index contributed by atoms with van der Waals surface area (Å²) in [6, 6.07) is 9.88. The van der Waals surface area contributed by atoms with Gasteiger partial charge in [0.25, 0.3) is 0 Å². The number of allylic oxidation sites excluding steroid dienone is 5. The van der Waals surface area contributed by atoms with Crippen molar-refractivity contribution in [2.45, 2.75) is 32.6 Å². The van der Waals surface area contributed by atoms with Crippen LogP contribution in [-0.2, 0) is 24.1 Å². The predicted octanol–water partition coefficient (Wildman–Crippen LogP) is 4.66. The van der Waals surface area contributed by atoms with E-state index >= 15 is 0 Å². The van der Waals surface area contributed by atoms with E-state index in [9.17, 15) is 9.90 Å². The van der Waals surface area contributed by atoms with Crippen molar-refractivity contribution >= 4 is 34.5 Å². The van der Waals surface area contributed by atoms with Crippen molar-refractivity contribution in [3.63, 3.8) is 0 Å². The Labute approximate surface area is 188 Å². The molecule has 1 unspecified atom stereocenters. The van der Waals surface area contributed by atoms with Crippen LogP contribution >= 0.6 is 11.6 Å². The first-order chi connectivity index (χ1) is 14.9. The molecule has 1 atom stereocenters. The van der Waals surface area contributed by atoms with Crippen LogP contribution in [0.2, 0.25) is 0 Å². The van der Waals surface area contributed by atoms with Crippen LogP contribution in [0.4, 0.5) is 11.4 Å². The summed E-state index contributed by atoms with van der Waals surface area (Å²) in [5.41, 5.74) is 12.4. The van der Waals surface area contributed by atoms with E-state index in [-0.39, 0.29) is 6.61 Å². The highest BCUT2D eigenvalue weighted by atomic mass is 35.5. The number of fused-ring (bicyclic) bond motifs is 1. The standard InChI is InChI=1S/C25H28ClN3O2/c1-3-5-18(12-16(2)26)23-14-24(21-6-4-7-22(21)29-23)28-20-10-8-17(9-11-20)13-19(15-30)25(27)31/h3,5,8-12,14,19,30H,1,4,6-7,13,15H2,2H3,(H2,27,31)(H,28,29)/b16-12+,18-5+. The van der Waals surface area contributed by atoms with Crippen molar-refractivity contribution in [2.75, 3.05) is 11.9 Å². The van der Waals surface area contributed by atoms with Gasteiger partial charge in [-0.15, -0.1) is 0 Å². The molecule has 5 nitrogen and oxygen atoms in total. The topological polar surface area (TPSA) is 88.2 Å². The average Bonchev–Trinajstić information content (AvgIpc) is 3.21. The highest BCUT2D eigenvalue weighted by Gasteiger charge is 2.19. The predicted molar refractivity (Wildman–Crippen MR) is 127 cm³/mol. The second-order valence-corrected chi connectivity index (χ2v) is 8.33.